The number of rotatable bonds is 3. The molecule has 1 atom stereocenters. The summed E-state index contributed by atoms with van der Waals surface area (Å²) in [4.78, 5) is 0. The van der Waals surface area contributed by atoms with E-state index in [0.29, 0.717) is 12.2 Å². The second-order valence-electron chi connectivity index (χ2n) is 3.48. The van der Waals surface area contributed by atoms with Gasteiger partial charge in [-0.2, -0.15) is 0 Å². The molecule has 0 aliphatic rings. The molecule has 0 aliphatic carbocycles. The van der Waals surface area contributed by atoms with Gasteiger partial charge in [0.1, 0.15) is 11.9 Å². The molecule has 1 aromatic heterocycles. The third-order valence-electron chi connectivity index (χ3n) is 2.29. The highest BCUT2D eigenvalue weighted by Crippen LogP contribution is 2.27. The molecular weight excluding hydrogens is 383 g/mol. The van der Waals surface area contributed by atoms with Crippen LogP contribution >= 0.6 is 38.5 Å². The van der Waals surface area contributed by atoms with Crippen molar-refractivity contribution < 1.29 is 9.52 Å². The Morgan fingerprint density at radius 2 is 1.94 bits per heavy atom. The molecule has 0 aliphatic heterocycles. The Labute approximate surface area is 116 Å². The third kappa shape index (κ3) is 2.87. The second-order valence-corrected chi connectivity index (χ2v) is 5.58. The fourth-order valence-electron chi connectivity index (χ4n) is 1.48. The molecule has 2 rings (SSSR count). The first-order chi connectivity index (χ1) is 7.66. The van der Waals surface area contributed by atoms with Gasteiger partial charge in [-0.25, -0.2) is 0 Å². The van der Waals surface area contributed by atoms with Crippen molar-refractivity contribution in [3.63, 3.8) is 0 Å². The zero-order valence-corrected chi connectivity index (χ0v) is 12.1. The minimum atomic E-state index is -0.607. The smallest absolute Gasteiger partial charge is 0.146 e. The summed E-state index contributed by atoms with van der Waals surface area (Å²) >= 11 is 5.59. The van der Waals surface area contributed by atoms with Crippen LogP contribution in [0.25, 0.3) is 0 Å². The van der Waals surface area contributed by atoms with Crippen LogP contribution < -0.4 is 0 Å². The van der Waals surface area contributed by atoms with E-state index in [1.807, 2.05) is 24.3 Å². The molecule has 0 saturated heterocycles. The van der Waals surface area contributed by atoms with Crippen LogP contribution in [0, 0.1) is 3.57 Å². The van der Waals surface area contributed by atoms with Gasteiger partial charge < -0.3 is 9.52 Å². The number of furan rings is 1. The lowest BCUT2D eigenvalue weighted by Crippen LogP contribution is -2.01. The molecule has 16 heavy (non-hydrogen) atoms. The van der Waals surface area contributed by atoms with E-state index < -0.39 is 6.10 Å². The number of halogens is 2. The van der Waals surface area contributed by atoms with E-state index >= 15 is 0 Å². The van der Waals surface area contributed by atoms with Gasteiger partial charge in [-0.3, -0.25) is 0 Å². The molecule has 0 radical (unpaired) electrons. The van der Waals surface area contributed by atoms with Crippen molar-refractivity contribution in [1.82, 2.24) is 0 Å². The van der Waals surface area contributed by atoms with Gasteiger partial charge in [-0.15, -0.1) is 0 Å². The Bertz CT molecular complexity index is 464. The summed E-state index contributed by atoms with van der Waals surface area (Å²) in [6, 6.07) is 9.87. The fraction of sp³-hybridized carbons (Fsp3) is 0.167. The summed E-state index contributed by atoms with van der Waals surface area (Å²) in [5.41, 5.74) is 1.09. The van der Waals surface area contributed by atoms with Crippen molar-refractivity contribution >= 4 is 38.5 Å². The summed E-state index contributed by atoms with van der Waals surface area (Å²) in [6.45, 7) is 0. The summed E-state index contributed by atoms with van der Waals surface area (Å²) < 4.78 is 7.22. The largest absolute Gasteiger partial charge is 0.465 e. The molecule has 1 aromatic carbocycles. The van der Waals surface area contributed by atoms with E-state index in [-0.39, 0.29) is 0 Å². The maximum absolute atomic E-state index is 9.99. The number of hydrogen-bond acceptors (Lipinski definition) is 2. The standard InChI is InChI=1S/C12H10BrIO2/c13-10-5-6-16-12(10)11(15)7-8-1-3-9(14)4-2-8/h1-6,11,15H,7H2. The topological polar surface area (TPSA) is 33.4 Å². The molecule has 0 spiro atoms. The zero-order valence-electron chi connectivity index (χ0n) is 8.36. The first-order valence-electron chi connectivity index (χ1n) is 4.82. The number of aliphatic hydroxyl groups is 1. The van der Waals surface area contributed by atoms with Crippen LogP contribution in [0.1, 0.15) is 17.4 Å². The van der Waals surface area contributed by atoms with Gasteiger partial charge in [-0.05, 0) is 62.3 Å². The number of hydrogen-bond donors (Lipinski definition) is 1. The molecular formula is C12H10BrIO2. The van der Waals surface area contributed by atoms with Crippen LogP contribution in [0.2, 0.25) is 0 Å². The highest BCUT2D eigenvalue weighted by Gasteiger charge is 2.15. The lowest BCUT2D eigenvalue weighted by Gasteiger charge is -2.08. The first-order valence-corrected chi connectivity index (χ1v) is 6.69. The van der Waals surface area contributed by atoms with Crippen molar-refractivity contribution in [2.75, 3.05) is 0 Å². The quantitative estimate of drug-likeness (QED) is 0.803. The van der Waals surface area contributed by atoms with Crippen LogP contribution in [0.5, 0.6) is 0 Å². The van der Waals surface area contributed by atoms with Crippen molar-refractivity contribution in [1.29, 1.82) is 0 Å². The minimum absolute atomic E-state index is 0.559. The lowest BCUT2D eigenvalue weighted by atomic mass is 10.1. The molecule has 1 unspecified atom stereocenters. The second kappa shape index (κ2) is 5.33. The Morgan fingerprint density at radius 3 is 2.50 bits per heavy atom. The molecule has 2 aromatic rings. The molecule has 1 heterocycles. The highest BCUT2D eigenvalue weighted by molar-refractivity contribution is 14.1. The lowest BCUT2D eigenvalue weighted by molar-refractivity contribution is 0.149. The maximum atomic E-state index is 9.99. The molecule has 0 amide bonds. The van der Waals surface area contributed by atoms with E-state index in [9.17, 15) is 5.11 Å². The number of benzene rings is 1. The maximum Gasteiger partial charge on any atom is 0.146 e. The minimum Gasteiger partial charge on any atom is -0.465 e. The average Bonchev–Trinajstić information content (AvgIpc) is 2.68. The SMILES string of the molecule is OC(Cc1ccc(I)cc1)c1occc1Br. The Hall–Kier alpha value is -0.330. The predicted molar refractivity (Wildman–Crippen MR) is 74.2 cm³/mol. The summed E-state index contributed by atoms with van der Waals surface area (Å²) in [7, 11) is 0. The first kappa shape index (κ1) is 12.1. The molecule has 0 saturated carbocycles. The average molecular weight is 393 g/mol. The van der Waals surface area contributed by atoms with E-state index in [4.69, 9.17) is 4.42 Å². The van der Waals surface area contributed by atoms with Crippen LogP contribution in [0.15, 0.2) is 45.5 Å². The van der Waals surface area contributed by atoms with Crippen molar-refractivity contribution in [2.45, 2.75) is 12.5 Å². The van der Waals surface area contributed by atoms with Gasteiger partial charge in [0.15, 0.2) is 0 Å². The van der Waals surface area contributed by atoms with Gasteiger partial charge in [0.2, 0.25) is 0 Å². The van der Waals surface area contributed by atoms with Gasteiger partial charge >= 0.3 is 0 Å². The number of aliphatic hydroxyl groups excluding tert-OH is 1. The summed E-state index contributed by atoms with van der Waals surface area (Å²) in [5.74, 6) is 0.582. The Balaban J connectivity index is 2.10. The van der Waals surface area contributed by atoms with Crippen LogP contribution in [0.3, 0.4) is 0 Å². The summed E-state index contributed by atoms with van der Waals surface area (Å²) in [6.07, 6.45) is 1.52. The van der Waals surface area contributed by atoms with E-state index in [0.717, 1.165) is 10.0 Å². The van der Waals surface area contributed by atoms with Gasteiger partial charge in [0, 0.05) is 9.99 Å². The van der Waals surface area contributed by atoms with Gasteiger partial charge in [0.25, 0.3) is 0 Å². The monoisotopic (exact) mass is 392 g/mol. The predicted octanol–water partition coefficient (Wildman–Crippen LogP) is 3.92. The molecule has 0 fully saturated rings. The van der Waals surface area contributed by atoms with Crippen molar-refractivity contribution in [3.8, 4) is 0 Å². The third-order valence-corrected chi connectivity index (χ3v) is 3.66. The van der Waals surface area contributed by atoms with Gasteiger partial charge in [0.05, 0.1) is 10.7 Å². The molecule has 1 N–H and O–H groups in total. The Morgan fingerprint density at radius 1 is 1.25 bits per heavy atom. The molecule has 0 bridgehead atoms. The fourth-order valence-corrected chi connectivity index (χ4v) is 2.30. The van der Waals surface area contributed by atoms with E-state index in [1.54, 1.807) is 12.3 Å². The molecule has 4 heteroatoms. The molecule has 2 nitrogen and oxygen atoms in total. The van der Waals surface area contributed by atoms with Crippen molar-refractivity contribution in [2.24, 2.45) is 0 Å². The van der Waals surface area contributed by atoms with Crippen molar-refractivity contribution in [3.05, 3.63) is 56.0 Å². The van der Waals surface area contributed by atoms with Crippen LogP contribution in [-0.2, 0) is 6.42 Å². The normalized spacial score (nSPS) is 12.7. The van der Waals surface area contributed by atoms with Crippen LogP contribution in [0.4, 0.5) is 0 Å². The van der Waals surface area contributed by atoms with Crippen LogP contribution in [-0.4, -0.2) is 5.11 Å². The zero-order chi connectivity index (χ0) is 11.5. The highest BCUT2D eigenvalue weighted by atomic mass is 127. The Kier molecular flexibility index (Phi) is 4.05. The van der Waals surface area contributed by atoms with E-state index in [2.05, 4.69) is 38.5 Å². The molecule has 84 valence electrons. The summed E-state index contributed by atoms with van der Waals surface area (Å²) in [5, 5.41) is 9.99. The van der Waals surface area contributed by atoms with Gasteiger partial charge in [-0.1, -0.05) is 12.1 Å². The van der Waals surface area contributed by atoms with E-state index in [1.165, 1.54) is 3.57 Å².